The molecule has 0 spiro atoms. The fraction of sp³-hybridized carbons (Fsp3) is 0.583. The molecule has 1 aliphatic rings. The average Bonchev–Trinajstić information content (AvgIpc) is 2.88. The average molecular weight is 207 g/mol. The molecule has 0 atom stereocenters. The summed E-state index contributed by atoms with van der Waals surface area (Å²) in [6.45, 7) is 0.861. The molecule has 2 rings (SSSR count). The van der Waals surface area contributed by atoms with E-state index in [1.165, 1.54) is 31.9 Å². The molecule has 1 heterocycles. The van der Waals surface area contributed by atoms with Crippen LogP contribution in [0.2, 0.25) is 0 Å². The van der Waals surface area contributed by atoms with E-state index in [-0.39, 0.29) is 5.91 Å². The van der Waals surface area contributed by atoms with E-state index in [0.29, 0.717) is 11.7 Å². The van der Waals surface area contributed by atoms with Crippen LogP contribution in [0.25, 0.3) is 0 Å². The van der Waals surface area contributed by atoms with Gasteiger partial charge >= 0.3 is 0 Å². The van der Waals surface area contributed by atoms with E-state index in [1.807, 2.05) is 7.05 Å². The van der Waals surface area contributed by atoms with Crippen molar-refractivity contribution in [1.82, 2.24) is 4.90 Å². The molecule has 3 heteroatoms. The third kappa shape index (κ3) is 2.41. The molecule has 0 saturated heterocycles. The topological polar surface area (TPSA) is 33.5 Å². The third-order valence-corrected chi connectivity index (χ3v) is 3.09. The highest BCUT2D eigenvalue weighted by Crippen LogP contribution is 2.25. The zero-order valence-corrected chi connectivity index (χ0v) is 9.11. The maximum absolute atomic E-state index is 11.8. The van der Waals surface area contributed by atoms with Gasteiger partial charge in [0, 0.05) is 13.6 Å². The van der Waals surface area contributed by atoms with Gasteiger partial charge in [0.2, 0.25) is 0 Å². The summed E-state index contributed by atoms with van der Waals surface area (Å²) in [6.07, 6.45) is 6.68. The molecule has 15 heavy (non-hydrogen) atoms. The van der Waals surface area contributed by atoms with Crippen molar-refractivity contribution in [3.8, 4) is 0 Å². The van der Waals surface area contributed by atoms with E-state index in [4.69, 9.17) is 4.42 Å². The number of carbonyl (C=O) groups excluding carboxylic acids is 1. The van der Waals surface area contributed by atoms with Gasteiger partial charge in [-0.2, -0.15) is 0 Å². The smallest absolute Gasteiger partial charge is 0.289 e. The lowest BCUT2D eigenvalue weighted by Gasteiger charge is -2.19. The Morgan fingerprint density at radius 3 is 2.87 bits per heavy atom. The first-order chi connectivity index (χ1) is 7.27. The van der Waals surface area contributed by atoms with Crippen LogP contribution in [0, 0.1) is 5.92 Å². The van der Waals surface area contributed by atoms with Crippen LogP contribution in [0.4, 0.5) is 0 Å². The molecule has 1 fully saturated rings. The first-order valence-electron chi connectivity index (χ1n) is 5.56. The molecule has 0 bridgehead atoms. The molecule has 0 aromatic carbocycles. The number of carbonyl (C=O) groups is 1. The number of nitrogens with zero attached hydrogens (tertiary/aromatic N) is 1. The van der Waals surface area contributed by atoms with Crippen molar-refractivity contribution in [1.29, 1.82) is 0 Å². The predicted octanol–water partition coefficient (Wildman–Crippen LogP) is 2.54. The van der Waals surface area contributed by atoms with E-state index < -0.39 is 0 Å². The van der Waals surface area contributed by atoms with E-state index in [1.54, 1.807) is 17.0 Å². The van der Waals surface area contributed by atoms with E-state index in [9.17, 15) is 4.79 Å². The molecule has 1 amide bonds. The van der Waals surface area contributed by atoms with Crippen LogP contribution in [-0.2, 0) is 0 Å². The quantitative estimate of drug-likeness (QED) is 0.763. The zero-order valence-electron chi connectivity index (χ0n) is 9.11. The second-order valence-corrected chi connectivity index (χ2v) is 4.31. The van der Waals surface area contributed by atoms with Crippen LogP contribution in [-0.4, -0.2) is 24.4 Å². The predicted molar refractivity (Wildman–Crippen MR) is 57.6 cm³/mol. The van der Waals surface area contributed by atoms with E-state index in [0.717, 1.165) is 6.54 Å². The Morgan fingerprint density at radius 1 is 1.53 bits per heavy atom. The highest BCUT2D eigenvalue weighted by molar-refractivity contribution is 5.91. The highest BCUT2D eigenvalue weighted by atomic mass is 16.3. The van der Waals surface area contributed by atoms with Gasteiger partial charge in [0.1, 0.15) is 0 Å². The third-order valence-electron chi connectivity index (χ3n) is 3.09. The molecule has 0 N–H and O–H groups in total. The molecule has 0 aliphatic heterocycles. The summed E-state index contributed by atoms with van der Waals surface area (Å²) in [5.74, 6) is 1.12. The molecule has 0 radical (unpaired) electrons. The summed E-state index contributed by atoms with van der Waals surface area (Å²) in [4.78, 5) is 13.6. The molecule has 1 aromatic heterocycles. The number of rotatable bonds is 3. The van der Waals surface area contributed by atoms with Crippen molar-refractivity contribution in [2.45, 2.75) is 25.7 Å². The Kier molecular flexibility index (Phi) is 3.09. The van der Waals surface area contributed by atoms with Crippen molar-refractivity contribution in [3.05, 3.63) is 24.2 Å². The molecule has 1 aliphatic carbocycles. The normalized spacial score (nSPS) is 16.9. The van der Waals surface area contributed by atoms with Crippen molar-refractivity contribution in [2.75, 3.05) is 13.6 Å². The minimum atomic E-state index is -0.00750. The van der Waals surface area contributed by atoms with Gasteiger partial charge in [0.05, 0.1) is 6.26 Å². The lowest BCUT2D eigenvalue weighted by atomic mass is 10.1. The Bertz CT molecular complexity index is 312. The van der Waals surface area contributed by atoms with Crippen molar-refractivity contribution in [2.24, 2.45) is 5.92 Å². The second kappa shape index (κ2) is 4.51. The minimum absolute atomic E-state index is 0.00750. The van der Waals surface area contributed by atoms with Gasteiger partial charge < -0.3 is 9.32 Å². The maximum Gasteiger partial charge on any atom is 0.289 e. The summed E-state index contributed by atoms with van der Waals surface area (Å²) in [7, 11) is 1.85. The molecule has 82 valence electrons. The van der Waals surface area contributed by atoms with Gasteiger partial charge in [-0.3, -0.25) is 4.79 Å². The van der Waals surface area contributed by atoms with Crippen LogP contribution in [0.1, 0.15) is 36.2 Å². The first-order valence-corrected chi connectivity index (χ1v) is 5.56. The molecule has 1 saturated carbocycles. The maximum atomic E-state index is 11.8. The summed E-state index contributed by atoms with van der Waals surface area (Å²) in [5.41, 5.74) is 0. The van der Waals surface area contributed by atoms with Crippen LogP contribution < -0.4 is 0 Å². The van der Waals surface area contributed by atoms with Gasteiger partial charge in [-0.05, 0) is 30.9 Å². The fourth-order valence-corrected chi connectivity index (χ4v) is 2.25. The van der Waals surface area contributed by atoms with E-state index >= 15 is 0 Å². The number of furan rings is 1. The van der Waals surface area contributed by atoms with Crippen molar-refractivity contribution < 1.29 is 9.21 Å². The summed E-state index contributed by atoms with van der Waals surface area (Å²) in [6, 6.07) is 3.46. The molecular formula is C12H17NO2. The van der Waals surface area contributed by atoms with Crippen molar-refractivity contribution in [3.63, 3.8) is 0 Å². The summed E-state index contributed by atoms with van der Waals surface area (Å²) >= 11 is 0. The molecule has 1 aromatic rings. The Labute approximate surface area is 90.1 Å². The first kappa shape index (κ1) is 10.3. The Morgan fingerprint density at radius 2 is 2.27 bits per heavy atom. The molecular weight excluding hydrogens is 190 g/mol. The second-order valence-electron chi connectivity index (χ2n) is 4.31. The zero-order chi connectivity index (χ0) is 10.7. The van der Waals surface area contributed by atoms with Gasteiger partial charge in [0.25, 0.3) is 5.91 Å². The monoisotopic (exact) mass is 207 g/mol. The van der Waals surface area contributed by atoms with Crippen LogP contribution in [0.5, 0.6) is 0 Å². The fourth-order valence-electron chi connectivity index (χ4n) is 2.25. The summed E-state index contributed by atoms with van der Waals surface area (Å²) < 4.78 is 5.09. The van der Waals surface area contributed by atoms with Crippen molar-refractivity contribution >= 4 is 5.91 Å². The number of hydrogen-bond acceptors (Lipinski definition) is 2. The van der Waals surface area contributed by atoms with Gasteiger partial charge in [0.15, 0.2) is 5.76 Å². The Hall–Kier alpha value is -1.25. The SMILES string of the molecule is CN(CC1CCCC1)C(=O)c1ccco1. The number of amides is 1. The lowest BCUT2D eigenvalue weighted by Crippen LogP contribution is -2.30. The highest BCUT2D eigenvalue weighted by Gasteiger charge is 2.21. The minimum Gasteiger partial charge on any atom is -0.459 e. The van der Waals surface area contributed by atoms with E-state index in [2.05, 4.69) is 0 Å². The van der Waals surface area contributed by atoms with Crippen LogP contribution in [0.15, 0.2) is 22.8 Å². The van der Waals surface area contributed by atoms with Gasteiger partial charge in [-0.15, -0.1) is 0 Å². The Balaban J connectivity index is 1.90. The summed E-state index contributed by atoms with van der Waals surface area (Å²) in [5, 5.41) is 0. The number of hydrogen-bond donors (Lipinski definition) is 0. The van der Waals surface area contributed by atoms with Crippen LogP contribution >= 0.6 is 0 Å². The van der Waals surface area contributed by atoms with Gasteiger partial charge in [-0.1, -0.05) is 12.8 Å². The molecule has 0 unspecified atom stereocenters. The largest absolute Gasteiger partial charge is 0.459 e. The van der Waals surface area contributed by atoms with Gasteiger partial charge in [-0.25, -0.2) is 0 Å². The lowest BCUT2D eigenvalue weighted by molar-refractivity contribution is 0.0741. The van der Waals surface area contributed by atoms with Crippen LogP contribution in [0.3, 0.4) is 0 Å². The standard InChI is InChI=1S/C12H17NO2/c1-13(9-10-5-2-3-6-10)12(14)11-7-4-8-15-11/h4,7-8,10H,2-3,5-6,9H2,1H3. The molecule has 3 nitrogen and oxygen atoms in total.